The van der Waals surface area contributed by atoms with Gasteiger partial charge in [0.15, 0.2) is 0 Å². The number of nitrogens with zero attached hydrogens (tertiary/aromatic N) is 3. The lowest BCUT2D eigenvalue weighted by molar-refractivity contribution is 0.296. The highest BCUT2D eigenvalue weighted by Gasteiger charge is 2.09. The van der Waals surface area contributed by atoms with Crippen molar-refractivity contribution in [1.29, 1.82) is 0 Å². The van der Waals surface area contributed by atoms with Crippen molar-refractivity contribution in [3.8, 4) is 17.0 Å². The number of para-hydroxylation sites is 1. The Morgan fingerprint density at radius 1 is 1.16 bits per heavy atom. The molecule has 0 amide bonds. The Kier molecular flexibility index (Phi) is 4.99. The van der Waals surface area contributed by atoms with E-state index in [1.165, 1.54) is 18.5 Å². The third kappa shape index (κ3) is 3.80. The van der Waals surface area contributed by atoms with Crippen LogP contribution in [0.1, 0.15) is 0 Å². The van der Waals surface area contributed by atoms with Crippen molar-refractivity contribution in [3.05, 3.63) is 65.1 Å². The highest BCUT2D eigenvalue weighted by atomic mass is 35.5. The fourth-order valence-corrected chi connectivity index (χ4v) is 2.50. The molecule has 25 heavy (non-hydrogen) atoms. The molecular formula is C17H14ClN4O3-. The summed E-state index contributed by atoms with van der Waals surface area (Å²) in [5, 5.41) is 23.1. The number of nitrogens with one attached hydrogen (secondary N) is 1. The molecule has 0 aliphatic heterocycles. The Morgan fingerprint density at radius 3 is 2.72 bits per heavy atom. The summed E-state index contributed by atoms with van der Waals surface area (Å²) in [6, 6.07) is 13.8. The van der Waals surface area contributed by atoms with Crippen molar-refractivity contribution in [2.75, 3.05) is 17.7 Å². The molecule has 0 saturated carbocycles. The minimum Gasteiger partial charge on any atom is -0.733 e. The minimum absolute atomic E-state index is 0.0642. The molecule has 0 spiro atoms. The third-order valence-electron chi connectivity index (χ3n) is 3.47. The van der Waals surface area contributed by atoms with Gasteiger partial charge in [0.1, 0.15) is 17.9 Å². The molecule has 0 fully saturated rings. The van der Waals surface area contributed by atoms with Gasteiger partial charge >= 0.3 is 0 Å². The molecule has 0 aliphatic rings. The van der Waals surface area contributed by atoms with Crippen LogP contribution in [0, 0.1) is 5.21 Å². The van der Waals surface area contributed by atoms with Gasteiger partial charge in [-0.2, -0.15) is 0 Å². The minimum atomic E-state index is -0.284. The van der Waals surface area contributed by atoms with Crippen LogP contribution in [0.15, 0.2) is 54.9 Å². The quantitative estimate of drug-likeness (QED) is 0.659. The van der Waals surface area contributed by atoms with Crippen molar-refractivity contribution < 1.29 is 9.94 Å². The Labute approximate surface area is 149 Å². The predicted molar refractivity (Wildman–Crippen MR) is 96.4 cm³/mol. The van der Waals surface area contributed by atoms with E-state index in [0.29, 0.717) is 22.9 Å². The topological polar surface area (TPSA) is 93.6 Å². The van der Waals surface area contributed by atoms with E-state index in [9.17, 15) is 5.21 Å². The molecule has 3 rings (SSSR count). The molecule has 8 heteroatoms. The van der Waals surface area contributed by atoms with Gasteiger partial charge in [0.25, 0.3) is 0 Å². The predicted octanol–water partition coefficient (Wildman–Crippen LogP) is 4.24. The molecule has 0 aliphatic carbocycles. The first-order chi connectivity index (χ1) is 12.1. The molecule has 128 valence electrons. The zero-order valence-electron chi connectivity index (χ0n) is 13.2. The van der Waals surface area contributed by atoms with Crippen LogP contribution in [-0.4, -0.2) is 22.3 Å². The number of rotatable bonds is 5. The maximum Gasteiger partial charge on any atom is 0.134 e. The first-order valence-corrected chi connectivity index (χ1v) is 7.64. The second-order valence-electron chi connectivity index (χ2n) is 5.05. The molecule has 7 nitrogen and oxygen atoms in total. The lowest BCUT2D eigenvalue weighted by Gasteiger charge is -2.23. The first-order valence-electron chi connectivity index (χ1n) is 7.26. The third-order valence-corrected chi connectivity index (χ3v) is 3.79. The summed E-state index contributed by atoms with van der Waals surface area (Å²) in [4.78, 5) is 8.43. The van der Waals surface area contributed by atoms with Crippen LogP contribution in [0.2, 0.25) is 5.02 Å². The number of hydrogen-bond donors (Lipinski definition) is 2. The summed E-state index contributed by atoms with van der Waals surface area (Å²) >= 11 is 5.86. The number of ether oxygens (including phenoxy) is 1. The summed E-state index contributed by atoms with van der Waals surface area (Å²) in [5.74, 6) is 1.21. The maximum absolute atomic E-state index is 11.1. The lowest BCUT2D eigenvalue weighted by atomic mass is 10.1. The van der Waals surface area contributed by atoms with Crippen LogP contribution < -0.4 is 15.3 Å². The van der Waals surface area contributed by atoms with E-state index < -0.39 is 0 Å². The van der Waals surface area contributed by atoms with E-state index in [1.54, 1.807) is 19.2 Å². The van der Waals surface area contributed by atoms with Crippen LogP contribution in [0.3, 0.4) is 0 Å². The number of anilines is 3. The Morgan fingerprint density at radius 2 is 1.96 bits per heavy atom. The van der Waals surface area contributed by atoms with Crippen LogP contribution in [-0.2, 0) is 0 Å². The second-order valence-corrected chi connectivity index (χ2v) is 5.46. The standard InChI is InChI=1S/C17H14ClN4O3/c1-25-16-5-3-2-4-12(16)14-9-17(20-10-19-14)21-11-6-7-13(18)15(8-11)22(23)24/h2-10,23H,1H3,(H,19,20,21)/q-1. The molecule has 2 N–H and O–H groups in total. The summed E-state index contributed by atoms with van der Waals surface area (Å²) in [6.07, 6.45) is 1.42. The van der Waals surface area contributed by atoms with Gasteiger partial charge in [-0.3, -0.25) is 5.21 Å². The lowest BCUT2D eigenvalue weighted by Crippen LogP contribution is -2.08. The van der Waals surface area contributed by atoms with Crippen LogP contribution >= 0.6 is 11.6 Å². The molecule has 1 aromatic heterocycles. The SMILES string of the molecule is COc1ccccc1-c1cc(Nc2ccc(Cl)c(N([O-])O)c2)ncn1. The van der Waals surface area contributed by atoms with Crippen molar-refractivity contribution in [1.82, 2.24) is 9.97 Å². The first kappa shape index (κ1) is 17.0. The van der Waals surface area contributed by atoms with E-state index >= 15 is 0 Å². The summed E-state index contributed by atoms with van der Waals surface area (Å²) in [5.41, 5.74) is 1.98. The maximum atomic E-state index is 11.1. The molecule has 2 aromatic carbocycles. The van der Waals surface area contributed by atoms with Gasteiger partial charge in [-0.15, -0.1) is 0 Å². The Bertz CT molecular complexity index is 889. The molecule has 0 unspecified atom stereocenters. The Hall–Kier alpha value is -2.87. The number of hydrogen-bond acceptors (Lipinski definition) is 7. The number of aromatic nitrogens is 2. The van der Waals surface area contributed by atoms with E-state index in [-0.39, 0.29) is 15.9 Å². The summed E-state index contributed by atoms with van der Waals surface area (Å²) < 4.78 is 5.35. The van der Waals surface area contributed by atoms with Crippen molar-refractivity contribution in [2.45, 2.75) is 0 Å². The van der Waals surface area contributed by atoms with Gasteiger partial charge in [0, 0.05) is 17.3 Å². The van der Waals surface area contributed by atoms with Gasteiger partial charge < -0.3 is 20.5 Å². The van der Waals surface area contributed by atoms with E-state index in [0.717, 1.165) is 5.56 Å². The number of methoxy groups -OCH3 is 1. The van der Waals surface area contributed by atoms with E-state index in [1.807, 2.05) is 24.3 Å². The summed E-state index contributed by atoms with van der Waals surface area (Å²) in [7, 11) is 1.60. The average Bonchev–Trinajstić information content (AvgIpc) is 2.63. The molecule has 0 atom stereocenters. The average molecular weight is 358 g/mol. The fourth-order valence-electron chi connectivity index (χ4n) is 2.31. The molecular weight excluding hydrogens is 344 g/mol. The second kappa shape index (κ2) is 7.35. The van der Waals surface area contributed by atoms with Crippen LogP contribution in [0.5, 0.6) is 5.75 Å². The zero-order valence-corrected chi connectivity index (χ0v) is 13.9. The highest BCUT2D eigenvalue weighted by molar-refractivity contribution is 6.33. The van der Waals surface area contributed by atoms with Crippen molar-refractivity contribution in [2.24, 2.45) is 0 Å². The van der Waals surface area contributed by atoms with E-state index in [4.69, 9.17) is 21.5 Å². The monoisotopic (exact) mass is 357 g/mol. The molecule has 0 bridgehead atoms. The number of benzene rings is 2. The van der Waals surface area contributed by atoms with Gasteiger partial charge in [0.05, 0.1) is 23.5 Å². The highest BCUT2D eigenvalue weighted by Crippen LogP contribution is 2.31. The van der Waals surface area contributed by atoms with Crippen molar-refractivity contribution in [3.63, 3.8) is 0 Å². The Balaban J connectivity index is 1.91. The van der Waals surface area contributed by atoms with Gasteiger partial charge in [0.2, 0.25) is 0 Å². The van der Waals surface area contributed by atoms with Gasteiger partial charge in [-0.1, -0.05) is 23.7 Å². The van der Waals surface area contributed by atoms with Crippen LogP contribution in [0.4, 0.5) is 17.2 Å². The molecule has 1 heterocycles. The van der Waals surface area contributed by atoms with E-state index in [2.05, 4.69) is 15.3 Å². The van der Waals surface area contributed by atoms with Gasteiger partial charge in [-0.25, -0.2) is 9.97 Å². The largest absolute Gasteiger partial charge is 0.733 e. The number of halogens is 1. The summed E-state index contributed by atoms with van der Waals surface area (Å²) in [6.45, 7) is 0. The smallest absolute Gasteiger partial charge is 0.134 e. The van der Waals surface area contributed by atoms with Gasteiger partial charge in [-0.05, 0) is 30.3 Å². The normalized spacial score (nSPS) is 10.4. The molecule has 0 radical (unpaired) electrons. The zero-order chi connectivity index (χ0) is 17.8. The van der Waals surface area contributed by atoms with Crippen molar-refractivity contribution >= 4 is 28.8 Å². The molecule has 3 aromatic rings. The molecule has 0 saturated heterocycles. The van der Waals surface area contributed by atoms with Crippen LogP contribution in [0.25, 0.3) is 11.3 Å². The fraction of sp³-hybridized carbons (Fsp3) is 0.0588.